The van der Waals surface area contributed by atoms with Crippen LogP contribution in [0.1, 0.15) is 60.8 Å². The molecule has 1 N–H and O–H groups in total. The van der Waals surface area contributed by atoms with E-state index in [1.165, 1.54) is 41.8 Å². The van der Waals surface area contributed by atoms with Crippen LogP contribution in [-0.2, 0) is 6.42 Å². The molecule has 0 aromatic carbocycles. The summed E-state index contributed by atoms with van der Waals surface area (Å²) >= 11 is 1.85. The van der Waals surface area contributed by atoms with Crippen molar-refractivity contribution in [2.45, 2.75) is 58.0 Å². The van der Waals surface area contributed by atoms with Gasteiger partial charge in [0, 0.05) is 23.5 Å². The largest absolute Gasteiger partial charge is 0.309 e. The molecule has 1 fully saturated rings. The van der Waals surface area contributed by atoms with E-state index in [9.17, 15) is 0 Å². The van der Waals surface area contributed by atoms with E-state index in [4.69, 9.17) is 5.10 Å². The minimum atomic E-state index is 0.391. The lowest BCUT2D eigenvalue weighted by molar-refractivity contribution is 0.458. The zero-order valence-electron chi connectivity index (χ0n) is 13.0. The summed E-state index contributed by atoms with van der Waals surface area (Å²) in [7, 11) is 0. The van der Waals surface area contributed by atoms with Gasteiger partial charge >= 0.3 is 0 Å². The molecule has 2 aromatic rings. The van der Waals surface area contributed by atoms with Gasteiger partial charge in [0.1, 0.15) is 0 Å². The number of hydrogen-bond donors (Lipinski definition) is 1. The standard InChI is InChI=1S/C17H25N3S/c1-3-18-16(17-13(2)9-11-21-17)12-14-8-10-20(19-14)15-6-4-5-7-15/h8-11,15-16,18H,3-7,12H2,1-2H3. The van der Waals surface area contributed by atoms with Crippen LogP contribution in [0.3, 0.4) is 0 Å². The second kappa shape index (κ2) is 6.75. The molecule has 0 spiro atoms. The summed E-state index contributed by atoms with van der Waals surface area (Å²) < 4.78 is 2.20. The smallest absolute Gasteiger partial charge is 0.0644 e. The normalized spacial score (nSPS) is 17.4. The molecule has 1 saturated carbocycles. The van der Waals surface area contributed by atoms with Gasteiger partial charge in [0.05, 0.1) is 11.7 Å². The van der Waals surface area contributed by atoms with E-state index in [0.717, 1.165) is 13.0 Å². The van der Waals surface area contributed by atoms with Crippen LogP contribution in [0.5, 0.6) is 0 Å². The maximum Gasteiger partial charge on any atom is 0.0644 e. The fourth-order valence-electron chi connectivity index (χ4n) is 3.31. The van der Waals surface area contributed by atoms with Crippen molar-refractivity contribution >= 4 is 11.3 Å². The van der Waals surface area contributed by atoms with E-state index in [1.807, 2.05) is 11.3 Å². The molecular weight excluding hydrogens is 278 g/mol. The Morgan fingerprint density at radius 3 is 2.86 bits per heavy atom. The zero-order chi connectivity index (χ0) is 14.7. The molecule has 3 nitrogen and oxygen atoms in total. The van der Waals surface area contributed by atoms with Crippen LogP contribution in [0.25, 0.3) is 0 Å². The van der Waals surface area contributed by atoms with Crippen LogP contribution in [0.2, 0.25) is 0 Å². The molecule has 0 radical (unpaired) electrons. The molecule has 0 amide bonds. The fourth-order valence-corrected chi connectivity index (χ4v) is 4.32. The predicted octanol–water partition coefficient (Wildman–Crippen LogP) is 4.26. The molecule has 0 saturated heterocycles. The van der Waals surface area contributed by atoms with Crippen LogP contribution in [0.4, 0.5) is 0 Å². The number of likely N-dealkylation sites (N-methyl/N-ethyl adjacent to an activating group) is 1. The highest BCUT2D eigenvalue weighted by Gasteiger charge is 2.20. The number of aryl methyl sites for hydroxylation is 1. The molecule has 1 atom stereocenters. The van der Waals surface area contributed by atoms with E-state index in [1.54, 1.807) is 0 Å². The predicted molar refractivity (Wildman–Crippen MR) is 88.9 cm³/mol. The van der Waals surface area contributed by atoms with Crippen LogP contribution < -0.4 is 5.32 Å². The van der Waals surface area contributed by atoms with Gasteiger partial charge in [0.15, 0.2) is 0 Å². The number of aromatic nitrogens is 2. The maximum atomic E-state index is 4.84. The summed E-state index contributed by atoms with van der Waals surface area (Å²) in [5.41, 5.74) is 2.60. The van der Waals surface area contributed by atoms with Gasteiger partial charge in [-0.15, -0.1) is 11.3 Å². The molecule has 3 rings (SSSR count). The molecule has 0 bridgehead atoms. The summed E-state index contributed by atoms with van der Waals surface area (Å²) in [6.45, 7) is 5.37. The fraction of sp³-hybridized carbons (Fsp3) is 0.588. The van der Waals surface area contributed by atoms with Crippen molar-refractivity contribution < 1.29 is 0 Å². The molecule has 4 heteroatoms. The molecule has 2 heterocycles. The van der Waals surface area contributed by atoms with E-state index in [2.05, 4.69) is 47.6 Å². The average Bonchev–Trinajstić information content (AvgIpc) is 3.18. The molecular formula is C17H25N3S. The highest BCUT2D eigenvalue weighted by molar-refractivity contribution is 7.10. The molecule has 2 aromatic heterocycles. The number of hydrogen-bond acceptors (Lipinski definition) is 3. The molecule has 1 aliphatic carbocycles. The third-order valence-electron chi connectivity index (χ3n) is 4.44. The minimum Gasteiger partial charge on any atom is -0.309 e. The van der Waals surface area contributed by atoms with Gasteiger partial charge in [-0.1, -0.05) is 19.8 Å². The van der Waals surface area contributed by atoms with Gasteiger partial charge in [-0.3, -0.25) is 4.68 Å². The first kappa shape index (κ1) is 14.8. The summed E-state index contributed by atoms with van der Waals surface area (Å²) in [5.74, 6) is 0. The Balaban J connectivity index is 1.72. The zero-order valence-corrected chi connectivity index (χ0v) is 13.8. The molecule has 1 aliphatic rings. The van der Waals surface area contributed by atoms with Gasteiger partial charge in [-0.25, -0.2) is 0 Å². The Hall–Kier alpha value is -1.13. The third kappa shape index (κ3) is 3.38. The quantitative estimate of drug-likeness (QED) is 0.864. The van der Waals surface area contributed by atoms with E-state index >= 15 is 0 Å². The van der Waals surface area contributed by atoms with Crippen molar-refractivity contribution in [3.8, 4) is 0 Å². The number of thiophene rings is 1. The molecule has 0 aliphatic heterocycles. The Morgan fingerprint density at radius 1 is 1.38 bits per heavy atom. The van der Waals surface area contributed by atoms with Crippen LogP contribution >= 0.6 is 11.3 Å². The van der Waals surface area contributed by atoms with Gasteiger partial charge in [-0.05, 0) is 49.4 Å². The van der Waals surface area contributed by atoms with Crippen LogP contribution in [-0.4, -0.2) is 16.3 Å². The summed E-state index contributed by atoms with van der Waals surface area (Å²) in [6, 6.07) is 5.44. The lowest BCUT2D eigenvalue weighted by Gasteiger charge is -2.16. The van der Waals surface area contributed by atoms with Crippen molar-refractivity contribution in [2.75, 3.05) is 6.54 Å². The number of rotatable bonds is 6. The highest BCUT2D eigenvalue weighted by atomic mass is 32.1. The van der Waals surface area contributed by atoms with E-state index in [-0.39, 0.29) is 0 Å². The van der Waals surface area contributed by atoms with Crippen molar-refractivity contribution in [2.24, 2.45) is 0 Å². The Morgan fingerprint density at radius 2 is 2.19 bits per heavy atom. The van der Waals surface area contributed by atoms with Crippen molar-refractivity contribution in [1.82, 2.24) is 15.1 Å². The van der Waals surface area contributed by atoms with Gasteiger partial charge in [-0.2, -0.15) is 5.10 Å². The van der Waals surface area contributed by atoms with Gasteiger partial charge < -0.3 is 5.32 Å². The Kier molecular flexibility index (Phi) is 4.76. The first-order valence-corrected chi connectivity index (χ1v) is 8.97. The first-order valence-electron chi connectivity index (χ1n) is 8.09. The average molecular weight is 303 g/mol. The van der Waals surface area contributed by atoms with E-state index < -0.39 is 0 Å². The lowest BCUT2D eigenvalue weighted by Crippen LogP contribution is -2.23. The van der Waals surface area contributed by atoms with Gasteiger partial charge in [0.25, 0.3) is 0 Å². The first-order chi connectivity index (χ1) is 10.3. The summed E-state index contributed by atoms with van der Waals surface area (Å²) in [4.78, 5) is 1.45. The van der Waals surface area contributed by atoms with E-state index in [0.29, 0.717) is 12.1 Å². The SMILES string of the molecule is CCNC(Cc1ccn(C2CCCC2)n1)c1sccc1C. The van der Waals surface area contributed by atoms with Gasteiger partial charge in [0.2, 0.25) is 0 Å². The lowest BCUT2D eigenvalue weighted by atomic mass is 10.1. The molecule has 21 heavy (non-hydrogen) atoms. The topological polar surface area (TPSA) is 29.9 Å². The Labute approximate surface area is 131 Å². The maximum absolute atomic E-state index is 4.84. The highest BCUT2D eigenvalue weighted by Crippen LogP contribution is 2.30. The third-order valence-corrected chi connectivity index (χ3v) is 5.58. The second-order valence-electron chi connectivity index (χ2n) is 6.01. The summed E-state index contributed by atoms with van der Waals surface area (Å²) in [5, 5.41) is 10.6. The molecule has 1 unspecified atom stereocenters. The van der Waals surface area contributed by atoms with Crippen LogP contribution in [0.15, 0.2) is 23.7 Å². The van der Waals surface area contributed by atoms with Crippen molar-refractivity contribution in [3.63, 3.8) is 0 Å². The second-order valence-corrected chi connectivity index (χ2v) is 6.96. The summed E-state index contributed by atoms with van der Waals surface area (Å²) in [6.07, 6.45) is 8.45. The van der Waals surface area contributed by atoms with Crippen LogP contribution in [0, 0.1) is 6.92 Å². The minimum absolute atomic E-state index is 0.391. The number of nitrogens with one attached hydrogen (secondary N) is 1. The molecule has 114 valence electrons. The Bertz CT molecular complexity index is 566. The number of nitrogens with zero attached hydrogens (tertiary/aromatic N) is 2. The van der Waals surface area contributed by atoms with Crippen molar-refractivity contribution in [3.05, 3.63) is 39.8 Å². The van der Waals surface area contributed by atoms with Crippen molar-refractivity contribution in [1.29, 1.82) is 0 Å². The monoisotopic (exact) mass is 303 g/mol.